The molecule has 1 aromatic carbocycles. The Balaban J connectivity index is 1.32. The van der Waals surface area contributed by atoms with Crippen LogP contribution < -0.4 is 10.2 Å². The van der Waals surface area contributed by atoms with E-state index in [1.54, 1.807) is 16.9 Å². The predicted molar refractivity (Wildman–Crippen MR) is 118 cm³/mol. The monoisotopic (exact) mass is 417 g/mol. The highest BCUT2D eigenvalue weighted by molar-refractivity contribution is 6.04. The van der Waals surface area contributed by atoms with E-state index in [-0.39, 0.29) is 5.91 Å². The number of carbonyl (C=O) groups is 1. The maximum absolute atomic E-state index is 12.7. The van der Waals surface area contributed by atoms with Crippen LogP contribution in [0.1, 0.15) is 16.1 Å². The van der Waals surface area contributed by atoms with Crippen molar-refractivity contribution in [2.75, 3.05) is 36.5 Å². The second-order valence-electron chi connectivity index (χ2n) is 7.57. The molecule has 3 aromatic heterocycles. The Labute approximate surface area is 179 Å². The van der Waals surface area contributed by atoms with Crippen molar-refractivity contribution in [3.05, 3.63) is 53.9 Å². The van der Waals surface area contributed by atoms with Gasteiger partial charge in [-0.25, -0.2) is 9.97 Å². The quantitative estimate of drug-likeness (QED) is 0.530. The zero-order chi connectivity index (χ0) is 21.4. The highest BCUT2D eigenvalue weighted by atomic mass is 16.5. The zero-order valence-electron chi connectivity index (χ0n) is 17.4. The molecular formula is C22H23N7O2. The standard InChI is InChI=1S/C22H23N7O2/c1-14-11-19(28(2)27-14)21-25-17-5-4-16(12-18(17)26-21)24-22(30)15-3-6-20(23-13-15)29-7-9-31-10-8-29/h3-6,11-13H,7-10H2,1-2H3,(H,24,30)(H,25,26). The second-order valence-corrected chi connectivity index (χ2v) is 7.57. The van der Waals surface area contributed by atoms with Crippen LogP contribution >= 0.6 is 0 Å². The Bertz CT molecular complexity index is 1240. The number of amides is 1. The van der Waals surface area contributed by atoms with Gasteiger partial charge in [0.1, 0.15) is 11.5 Å². The number of pyridine rings is 1. The summed E-state index contributed by atoms with van der Waals surface area (Å²) in [5, 5.41) is 7.30. The molecule has 0 unspecified atom stereocenters. The van der Waals surface area contributed by atoms with E-state index in [4.69, 9.17) is 4.74 Å². The molecule has 0 saturated carbocycles. The van der Waals surface area contributed by atoms with E-state index in [0.717, 1.165) is 47.2 Å². The molecule has 9 heteroatoms. The van der Waals surface area contributed by atoms with Crippen molar-refractivity contribution in [1.82, 2.24) is 24.7 Å². The van der Waals surface area contributed by atoms with Crippen molar-refractivity contribution in [3.63, 3.8) is 0 Å². The minimum atomic E-state index is -0.206. The van der Waals surface area contributed by atoms with Crippen LogP contribution in [0.2, 0.25) is 0 Å². The number of rotatable bonds is 4. The summed E-state index contributed by atoms with van der Waals surface area (Å²) in [7, 11) is 1.89. The summed E-state index contributed by atoms with van der Waals surface area (Å²) in [6.07, 6.45) is 1.61. The molecule has 4 heterocycles. The third kappa shape index (κ3) is 3.87. The van der Waals surface area contributed by atoms with Crippen molar-refractivity contribution in [3.8, 4) is 11.5 Å². The van der Waals surface area contributed by atoms with Gasteiger partial charge in [0.05, 0.1) is 35.5 Å². The van der Waals surface area contributed by atoms with Gasteiger partial charge in [0.15, 0.2) is 5.82 Å². The normalized spacial score (nSPS) is 14.2. The molecule has 9 nitrogen and oxygen atoms in total. The minimum Gasteiger partial charge on any atom is -0.378 e. The Morgan fingerprint density at radius 1 is 1.16 bits per heavy atom. The van der Waals surface area contributed by atoms with Gasteiger partial charge in [-0.05, 0) is 43.3 Å². The lowest BCUT2D eigenvalue weighted by molar-refractivity contribution is 0.102. The van der Waals surface area contributed by atoms with Crippen LogP contribution in [0, 0.1) is 6.92 Å². The minimum absolute atomic E-state index is 0.206. The molecule has 31 heavy (non-hydrogen) atoms. The maximum Gasteiger partial charge on any atom is 0.257 e. The molecule has 1 amide bonds. The van der Waals surface area contributed by atoms with Crippen LogP contribution in [0.15, 0.2) is 42.6 Å². The fourth-order valence-corrected chi connectivity index (χ4v) is 3.74. The number of hydrogen-bond acceptors (Lipinski definition) is 6. The number of aryl methyl sites for hydroxylation is 2. The molecule has 0 aliphatic carbocycles. The molecule has 0 radical (unpaired) electrons. The van der Waals surface area contributed by atoms with Gasteiger partial charge < -0.3 is 19.9 Å². The molecule has 1 aliphatic rings. The molecular weight excluding hydrogens is 394 g/mol. The van der Waals surface area contributed by atoms with Gasteiger partial charge in [0.2, 0.25) is 0 Å². The number of hydrogen-bond donors (Lipinski definition) is 2. The number of benzene rings is 1. The van der Waals surface area contributed by atoms with Gasteiger partial charge >= 0.3 is 0 Å². The lowest BCUT2D eigenvalue weighted by atomic mass is 10.2. The highest BCUT2D eigenvalue weighted by Crippen LogP contribution is 2.23. The van der Waals surface area contributed by atoms with Crippen molar-refractivity contribution < 1.29 is 9.53 Å². The molecule has 1 saturated heterocycles. The number of aromatic amines is 1. The number of aromatic nitrogens is 5. The number of nitrogens with zero attached hydrogens (tertiary/aromatic N) is 5. The number of morpholine rings is 1. The van der Waals surface area contributed by atoms with Crippen LogP contribution in [0.5, 0.6) is 0 Å². The number of H-pyrrole nitrogens is 1. The van der Waals surface area contributed by atoms with E-state index in [2.05, 4.69) is 30.3 Å². The van der Waals surface area contributed by atoms with Crippen LogP contribution in [0.3, 0.4) is 0 Å². The van der Waals surface area contributed by atoms with Crippen LogP contribution in [0.25, 0.3) is 22.6 Å². The lowest BCUT2D eigenvalue weighted by Crippen LogP contribution is -2.36. The van der Waals surface area contributed by atoms with Crippen LogP contribution in [-0.4, -0.2) is 56.9 Å². The number of fused-ring (bicyclic) bond motifs is 1. The number of nitrogens with one attached hydrogen (secondary N) is 2. The summed E-state index contributed by atoms with van der Waals surface area (Å²) in [4.78, 5) is 27.2. The number of ether oxygens (including phenoxy) is 1. The first-order valence-electron chi connectivity index (χ1n) is 10.2. The van der Waals surface area contributed by atoms with E-state index >= 15 is 0 Å². The van der Waals surface area contributed by atoms with Gasteiger partial charge in [-0.3, -0.25) is 9.48 Å². The molecule has 2 N–H and O–H groups in total. The van der Waals surface area contributed by atoms with Gasteiger partial charge in [-0.2, -0.15) is 5.10 Å². The van der Waals surface area contributed by atoms with Crippen molar-refractivity contribution in [2.24, 2.45) is 7.05 Å². The Morgan fingerprint density at radius 2 is 2.00 bits per heavy atom. The molecule has 4 aromatic rings. The summed E-state index contributed by atoms with van der Waals surface area (Å²) in [5.74, 6) is 1.39. The van der Waals surface area contributed by atoms with E-state index in [1.807, 2.05) is 44.3 Å². The molecule has 5 rings (SSSR count). The van der Waals surface area contributed by atoms with E-state index < -0.39 is 0 Å². The zero-order valence-corrected chi connectivity index (χ0v) is 17.4. The highest BCUT2D eigenvalue weighted by Gasteiger charge is 2.15. The Morgan fingerprint density at radius 3 is 2.71 bits per heavy atom. The maximum atomic E-state index is 12.7. The summed E-state index contributed by atoms with van der Waals surface area (Å²) in [6, 6.07) is 11.3. The van der Waals surface area contributed by atoms with Gasteiger partial charge in [-0.1, -0.05) is 0 Å². The molecule has 158 valence electrons. The lowest BCUT2D eigenvalue weighted by Gasteiger charge is -2.27. The van der Waals surface area contributed by atoms with Crippen molar-refractivity contribution in [2.45, 2.75) is 6.92 Å². The summed E-state index contributed by atoms with van der Waals surface area (Å²) < 4.78 is 7.16. The molecule has 0 spiro atoms. The predicted octanol–water partition coefficient (Wildman–Crippen LogP) is 2.76. The average Bonchev–Trinajstić information content (AvgIpc) is 3.36. The van der Waals surface area contributed by atoms with E-state index in [0.29, 0.717) is 24.5 Å². The van der Waals surface area contributed by atoms with Crippen LogP contribution in [-0.2, 0) is 11.8 Å². The third-order valence-electron chi connectivity index (χ3n) is 5.33. The summed E-state index contributed by atoms with van der Waals surface area (Å²) >= 11 is 0. The van der Waals surface area contributed by atoms with Crippen molar-refractivity contribution in [1.29, 1.82) is 0 Å². The van der Waals surface area contributed by atoms with Crippen molar-refractivity contribution >= 4 is 28.4 Å². The first-order chi connectivity index (χ1) is 15.1. The van der Waals surface area contributed by atoms with Gasteiger partial charge in [-0.15, -0.1) is 0 Å². The first-order valence-corrected chi connectivity index (χ1v) is 10.2. The fraction of sp³-hybridized carbons (Fsp3) is 0.273. The first kappa shape index (κ1) is 19.3. The topological polar surface area (TPSA) is 101 Å². The second kappa shape index (κ2) is 7.84. The smallest absolute Gasteiger partial charge is 0.257 e. The summed E-state index contributed by atoms with van der Waals surface area (Å²) in [6.45, 7) is 4.96. The SMILES string of the molecule is Cc1cc(-c2nc3ccc(NC(=O)c4ccc(N5CCOCC5)nc4)cc3[nH]2)n(C)n1. The van der Waals surface area contributed by atoms with Gasteiger partial charge in [0, 0.05) is 32.0 Å². The Hall–Kier alpha value is -3.72. The summed E-state index contributed by atoms with van der Waals surface area (Å²) in [5.41, 5.74) is 4.69. The average molecular weight is 417 g/mol. The fourth-order valence-electron chi connectivity index (χ4n) is 3.74. The van der Waals surface area contributed by atoms with E-state index in [1.165, 1.54) is 0 Å². The molecule has 0 bridgehead atoms. The number of anilines is 2. The molecule has 0 atom stereocenters. The number of carbonyl (C=O) groups excluding carboxylic acids is 1. The Kier molecular flexibility index (Phi) is 4.87. The molecule has 1 fully saturated rings. The van der Waals surface area contributed by atoms with E-state index in [9.17, 15) is 4.79 Å². The van der Waals surface area contributed by atoms with Crippen LogP contribution in [0.4, 0.5) is 11.5 Å². The molecule has 1 aliphatic heterocycles. The van der Waals surface area contributed by atoms with Gasteiger partial charge in [0.25, 0.3) is 5.91 Å². The number of imidazole rings is 1. The largest absolute Gasteiger partial charge is 0.378 e. The third-order valence-corrected chi connectivity index (χ3v) is 5.33.